The highest BCUT2D eigenvalue weighted by Crippen LogP contribution is 2.45. The minimum Gasteiger partial charge on any atom is -0.292 e. The summed E-state index contributed by atoms with van der Waals surface area (Å²) in [7, 11) is 0. The van der Waals surface area contributed by atoms with E-state index in [9.17, 15) is 0 Å². The van der Waals surface area contributed by atoms with Crippen LogP contribution in [-0.4, -0.2) is 34.5 Å². The predicted octanol–water partition coefficient (Wildman–Crippen LogP) is 7.60. The number of fused-ring (bicyclic) bond motifs is 13. The number of hydrogen-bond acceptors (Lipinski definition) is 7. The molecule has 0 atom stereocenters. The van der Waals surface area contributed by atoms with Gasteiger partial charge in [-0.15, -0.1) is 11.3 Å². The van der Waals surface area contributed by atoms with Gasteiger partial charge in [0.25, 0.3) is 0 Å². The summed E-state index contributed by atoms with van der Waals surface area (Å²) in [5, 5.41) is 5.06. The molecule has 9 rings (SSSR count). The number of aromatic nitrogens is 7. The Kier molecular flexibility index (Phi) is 4.22. The Morgan fingerprint density at radius 3 is 2.00 bits per heavy atom. The molecule has 0 saturated carbocycles. The van der Waals surface area contributed by atoms with Crippen LogP contribution >= 0.6 is 11.3 Å². The molecule has 0 aliphatic carbocycles. The van der Waals surface area contributed by atoms with Gasteiger partial charge in [-0.05, 0) is 37.1 Å². The van der Waals surface area contributed by atoms with Crippen LogP contribution in [0.3, 0.4) is 0 Å². The fourth-order valence-corrected chi connectivity index (χ4v) is 7.46. The maximum Gasteiger partial charge on any atom is 0.157 e. The Balaban J connectivity index is 1.48. The van der Waals surface area contributed by atoms with Gasteiger partial charge in [0, 0.05) is 55.7 Å². The molecule has 0 saturated heterocycles. The summed E-state index contributed by atoms with van der Waals surface area (Å²) in [6, 6.07) is 17.5. The smallest absolute Gasteiger partial charge is 0.157 e. The molecule has 8 heteroatoms. The summed E-state index contributed by atoms with van der Waals surface area (Å²) >= 11 is 1.85. The van der Waals surface area contributed by atoms with Crippen LogP contribution in [0.2, 0.25) is 0 Å². The van der Waals surface area contributed by atoms with Gasteiger partial charge in [-0.2, -0.15) is 0 Å². The third kappa shape index (κ3) is 2.73. The number of thiophene rings is 1. The van der Waals surface area contributed by atoms with Crippen LogP contribution in [0.15, 0.2) is 79.5 Å². The first-order valence-corrected chi connectivity index (χ1v) is 13.9. The molecule has 0 spiro atoms. The summed E-state index contributed by atoms with van der Waals surface area (Å²) < 4.78 is 4.86. The lowest BCUT2D eigenvalue weighted by Crippen LogP contribution is -2.03. The highest BCUT2D eigenvalue weighted by molar-refractivity contribution is 7.26. The SMILES string of the molecule is Cc1cccc2c3c4sc5ccccc5c4cc(C)c3n(-c3cnc4c5nccnc5c5nccnc5c4n3)c12. The highest BCUT2D eigenvalue weighted by atomic mass is 32.1. The van der Waals surface area contributed by atoms with Gasteiger partial charge in [-0.3, -0.25) is 24.5 Å². The number of aryl methyl sites for hydroxylation is 2. The average molecular weight is 534 g/mol. The molecular weight excluding hydrogens is 514 g/mol. The molecule has 0 aliphatic heterocycles. The first-order chi connectivity index (χ1) is 19.7. The molecule has 4 aromatic carbocycles. The first kappa shape index (κ1) is 21.8. The lowest BCUT2D eigenvalue weighted by molar-refractivity contribution is 1.06. The van der Waals surface area contributed by atoms with E-state index in [1.807, 2.05) is 17.5 Å². The van der Waals surface area contributed by atoms with E-state index < -0.39 is 0 Å². The number of hydrogen-bond donors (Lipinski definition) is 0. The standard InChI is InChI=1S/C32H19N7S/c1-16-6-5-8-19-23-31(17(2)14-20-18-7-3-4-9-21(18)40-32(20)23)39(30(16)19)22-15-37-28-26-24(33-10-11-35-26)25-27(29(28)38-22)36-13-12-34-25/h3-15H,1-2H3. The van der Waals surface area contributed by atoms with Gasteiger partial charge in [0.15, 0.2) is 5.82 Å². The molecule has 188 valence electrons. The van der Waals surface area contributed by atoms with E-state index in [0.29, 0.717) is 33.1 Å². The van der Waals surface area contributed by atoms with Crippen LogP contribution in [0.5, 0.6) is 0 Å². The second kappa shape index (κ2) is 7.74. The normalized spacial score (nSPS) is 12.2. The first-order valence-electron chi connectivity index (χ1n) is 13.0. The fourth-order valence-electron chi connectivity index (χ4n) is 6.22. The van der Waals surface area contributed by atoms with Crippen molar-refractivity contribution >= 4 is 86.4 Å². The Labute approximate surface area is 230 Å². The summed E-state index contributed by atoms with van der Waals surface area (Å²) in [5.74, 6) is 0.737. The van der Waals surface area contributed by atoms with Crippen molar-refractivity contribution in [1.29, 1.82) is 0 Å². The van der Waals surface area contributed by atoms with Crippen LogP contribution < -0.4 is 0 Å². The van der Waals surface area contributed by atoms with Gasteiger partial charge >= 0.3 is 0 Å². The maximum absolute atomic E-state index is 5.23. The van der Waals surface area contributed by atoms with Crippen molar-refractivity contribution in [3.63, 3.8) is 0 Å². The average Bonchev–Trinajstić information content (AvgIpc) is 3.54. The number of para-hydroxylation sites is 1. The summed E-state index contributed by atoms with van der Waals surface area (Å²) in [6.45, 7) is 4.35. The Morgan fingerprint density at radius 2 is 1.25 bits per heavy atom. The molecular formula is C32H19N7S. The van der Waals surface area contributed by atoms with Gasteiger partial charge in [-0.1, -0.05) is 36.4 Å². The van der Waals surface area contributed by atoms with E-state index in [1.165, 1.54) is 42.1 Å². The van der Waals surface area contributed by atoms with Crippen molar-refractivity contribution in [1.82, 2.24) is 34.5 Å². The van der Waals surface area contributed by atoms with Crippen LogP contribution in [0, 0.1) is 13.8 Å². The van der Waals surface area contributed by atoms with Gasteiger partial charge in [-0.25, -0.2) is 9.97 Å². The van der Waals surface area contributed by atoms with Crippen LogP contribution in [0.25, 0.3) is 80.9 Å². The molecule has 0 aliphatic rings. The van der Waals surface area contributed by atoms with E-state index in [0.717, 1.165) is 16.9 Å². The van der Waals surface area contributed by atoms with Crippen LogP contribution in [-0.2, 0) is 0 Å². The zero-order valence-corrected chi connectivity index (χ0v) is 22.4. The van der Waals surface area contributed by atoms with Crippen molar-refractivity contribution < 1.29 is 0 Å². The molecule has 0 bridgehead atoms. The number of benzene rings is 4. The lowest BCUT2D eigenvalue weighted by atomic mass is 10.0. The largest absolute Gasteiger partial charge is 0.292 e. The van der Waals surface area contributed by atoms with Crippen LogP contribution in [0.4, 0.5) is 0 Å². The van der Waals surface area contributed by atoms with E-state index in [-0.39, 0.29) is 0 Å². The topological polar surface area (TPSA) is 82.3 Å². The predicted molar refractivity (Wildman–Crippen MR) is 162 cm³/mol. The van der Waals surface area contributed by atoms with Crippen molar-refractivity contribution in [3.05, 3.63) is 90.6 Å². The third-order valence-electron chi connectivity index (χ3n) is 7.84. The molecule has 0 amide bonds. The number of rotatable bonds is 1. The molecule has 7 nitrogen and oxygen atoms in total. The van der Waals surface area contributed by atoms with Gasteiger partial charge in [0.05, 0.1) is 17.2 Å². The Bertz CT molecular complexity index is 2490. The molecule has 0 fully saturated rings. The van der Waals surface area contributed by atoms with Crippen molar-refractivity contribution in [2.24, 2.45) is 0 Å². The summed E-state index contributed by atoms with van der Waals surface area (Å²) in [5.41, 5.74) is 8.67. The minimum absolute atomic E-state index is 0.665. The van der Waals surface area contributed by atoms with Crippen molar-refractivity contribution in [3.8, 4) is 5.82 Å². The molecule has 0 radical (unpaired) electrons. The van der Waals surface area contributed by atoms with E-state index >= 15 is 0 Å². The maximum atomic E-state index is 5.23. The second-order valence-corrected chi connectivity index (χ2v) is 11.2. The van der Waals surface area contributed by atoms with Gasteiger partial charge < -0.3 is 0 Å². The van der Waals surface area contributed by atoms with Crippen LogP contribution in [0.1, 0.15) is 11.1 Å². The van der Waals surface area contributed by atoms with E-state index in [2.05, 4.69) is 86.9 Å². The number of nitrogens with zero attached hydrogens (tertiary/aromatic N) is 7. The Hall–Kier alpha value is -5.08. The molecule has 5 heterocycles. The minimum atomic E-state index is 0.665. The lowest BCUT2D eigenvalue weighted by Gasteiger charge is -2.12. The monoisotopic (exact) mass is 533 g/mol. The van der Waals surface area contributed by atoms with Gasteiger partial charge in [0.1, 0.15) is 33.1 Å². The molecule has 9 aromatic rings. The van der Waals surface area contributed by atoms with E-state index in [1.54, 1.807) is 24.8 Å². The quantitative estimate of drug-likeness (QED) is 0.202. The fraction of sp³-hybridized carbons (Fsp3) is 0.0625. The molecule has 5 aromatic heterocycles. The Morgan fingerprint density at radius 1 is 0.600 bits per heavy atom. The molecule has 40 heavy (non-hydrogen) atoms. The zero-order chi connectivity index (χ0) is 26.5. The highest BCUT2D eigenvalue weighted by Gasteiger charge is 2.22. The summed E-state index contributed by atoms with van der Waals surface area (Å²) in [6.07, 6.45) is 8.55. The zero-order valence-electron chi connectivity index (χ0n) is 21.5. The third-order valence-corrected chi connectivity index (χ3v) is 9.05. The molecule has 0 unspecified atom stereocenters. The van der Waals surface area contributed by atoms with Crippen molar-refractivity contribution in [2.45, 2.75) is 13.8 Å². The molecule has 0 N–H and O–H groups in total. The summed E-state index contributed by atoms with van der Waals surface area (Å²) in [4.78, 5) is 28.6. The van der Waals surface area contributed by atoms with E-state index in [4.69, 9.17) is 9.97 Å². The second-order valence-electron chi connectivity index (χ2n) is 10.1. The van der Waals surface area contributed by atoms with Gasteiger partial charge in [0.2, 0.25) is 0 Å². The van der Waals surface area contributed by atoms with Crippen molar-refractivity contribution in [2.75, 3.05) is 0 Å².